The average Bonchev–Trinajstić information content (AvgIpc) is 2.40. The lowest BCUT2D eigenvalue weighted by Gasteiger charge is -2.23. The van der Waals surface area contributed by atoms with E-state index in [2.05, 4.69) is 55.6 Å². The van der Waals surface area contributed by atoms with Crippen LogP contribution in [0.25, 0.3) is 0 Å². The van der Waals surface area contributed by atoms with Crippen molar-refractivity contribution in [3.63, 3.8) is 0 Å². The summed E-state index contributed by atoms with van der Waals surface area (Å²) in [6, 6.07) is 19.0. The van der Waals surface area contributed by atoms with Gasteiger partial charge in [-0.15, -0.1) is 0 Å². The molecule has 0 heterocycles. The molecule has 0 fully saturated rings. The minimum atomic E-state index is 0.361. The Labute approximate surface area is 120 Å². The predicted molar refractivity (Wildman–Crippen MR) is 82.3 cm³/mol. The first-order valence-corrected chi connectivity index (χ1v) is 7.07. The second kappa shape index (κ2) is 6.74. The van der Waals surface area contributed by atoms with Gasteiger partial charge < -0.3 is 5.32 Å². The standard InChI is InChI=1S/C17H20ClN/c1-13(2)17(15-8-4-3-5-9-15)19-12-14-7-6-10-16(18)11-14/h3-11,13,17,19H,12H2,1-2H3. The molecule has 0 aliphatic heterocycles. The van der Waals surface area contributed by atoms with E-state index in [-0.39, 0.29) is 0 Å². The third-order valence-electron chi connectivity index (χ3n) is 3.24. The summed E-state index contributed by atoms with van der Waals surface area (Å²) in [5.74, 6) is 0.543. The van der Waals surface area contributed by atoms with Gasteiger partial charge in [-0.05, 0) is 29.2 Å². The van der Waals surface area contributed by atoms with Crippen LogP contribution in [-0.2, 0) is 6.54 Å². The number of hydrogen-bond donors (Lipinski definition) is 1. The lowest BCUT2D eigenvalue weighted by Crippen LogP contribution is -2.25. The van der Waals surface area contributed by atoms with E-state index in [9.17, 15) is 0 Å². The van der Waals surface area contributed by atoms with Crippen molar-refractivity contribution in [3.05, 3.63) is 70.7 Å². The molecule has 1 atom stereocenters. The Balaban J connectivity index is 2.06. The molecule has 19 heavy (non-hydrogen) atoms. The molecule has 0 aliphatic rings. The van der Waals surface area contributed by atoms with Crippen LogP contribution in [0, 0.1) is 5.92 Å². The Bertz CT molecular complexity index is 508. The van der Waals surface area contributed by atoms with E-state index in [4.69, 9.17) is 11.6 Å². The van der Waals surface area contributed by atoms with E-state index < -0.39 is 0 Å². The largest absolute Gasteiger partial charge is 0.306 e. The minimum Gasteiger partial charge on any atom is -0.306 e. The van der Waals surface area contributed by atoms with Crippen molar-refractivity contribution >= 4 is 11.6 Å². The van der Waals surface area contributed by atoms with Crippen molar-refractivity contribution in [2.24, 2.45) is 5.92 Å². The molecule has 0 amide bonds. The highest BCUT2D eigenvalue weighted by molar-refractivity contribution is 6.30. The molecule has 0 aliphatic carbocycles. The van der Waals surface area contributed by atoms with E-state index in [1.165, 1.54) is 11.1 Å². The molecule has 0 saturated carbocycles. The number of halogens is 1. The molecule has 100 valence electrons. The van der Waals surface area contributed by atoms with Gasteiger partial charge in [-0.1, -0.05) is 67.9 Å². The van der Waals surface area contributed by atoms with E-state index >= 15 is 0 Å². The SMILES string of the molecule is CC(C)C(NCc1cccc(Cl)c1)c1ccccc1. The van der Waals surface area contributed by atoms with E-state index in [0.717, 1.165) is 11.6 Å². The summed E-state index contributed by atoms with van der Waals surface area (Å²) in [5.41, 5.74) is 2.55. The summed E-state index contributed by atoms with van der Waals surface area (Å²) in [7, 11) is 0. The summed E-state index contributed by atoms with van der Waals surface area (Å²) in [6.07, 6.45) is 0. The molecule has 0 saturated heterocycles. The van der Waals surface area contributed by atoms with Gasteiger partial charge in [-0.25, -0.2) is 0 Å². The number of nitrogens with one attached hydrogen (secondary N) is 1. The van der Waals surface area contributed by atoms with Crippen molar-refractivity contribution < 1.29 is 0 Å². The molecular weight excluding hydrogens is 254 g/mol. The zero-order chi connectivity index (χ0) is 13.7. The maximum absolute atomic E-state index is 6.01. The highest BCUT2D eigenvalue weighted by Gasteiger charge is 2.14. The molecule has 1 nitrogen and oxygen atoms in total. The fourth-order valence-electron chi connectivity index (χ4n) is 2.27. The van der Waals surface area contributed by atoms with Crippen molar-refractivity contribution in [2.45, 2.75) is 26.4 Å². The van der Waals surface area contributed by atoms with E-state index in [1.807, 2.05) is 18.2 Å². The molecule has 2 heteroatoms. The Morgan fingerprint density at radius 1 is 1.00 bits per heavy atom. The monoisotopic (exact) mass is 273 g/mol. The molecule has 2 aromatic carbocycles. The summed E-state index contributed by atoms with van der Waals surface area (Å²) < 4.78 is 0. The first-order chi connectivity index (χ1) is 9.16. The average molecular weight is 274 g/mol. The molecule has 2 aromatic rings. The van der Waals surface area contributed by atoms with Crippen LogP contribution < -0.4 is 5.32 Å². The Hall–Kier alpha value is -1.31. The molecule has 0 spiro atoms. The molecule has 0 bridgehead atoms. The van der Waals surface area contributed by atoms with Crippen molar-refractivity contribution in [2.75, 3.05) is 0 Å². The quantitative estimate of drug-likeness (QED) is 0.823. The molecule has 0 radical (unpaired) electrons. The van der Waals surface area contributed by atoms with Gasteiger partial charge in [-0.2, -0.15) is 0 Å². The highest BCUT2D eigenvalue weighted by Crippen LogP contribution is 2.22. The van der Waals surface area contributed by atoms with Crippen LogP contribution in [0.2, 0.25) is 5.02 Å². The fourth-order valence-corrected chi connectivity index (χ4v) is 2.49. The van der Waals surface area contributed by atoms with Gasteiger partial charge in [-0.3, -0.25) is 0 Å². The summed E-state index contributed by atoms with van der Waals surface area (Å²) in [6.45, 7) is 5.31. The minimum absolute atomic E-state index is 0.361. The van der Waals surface area contributed by atoms with Crippen molar-refractivity contribution in [1.29, 1.82) is 0 Å². The molecular formula is C17H20ClN. The van der Waals surface area contributed by atoms with Crippen LogP contribution >= 0.6 is 11.6 Å². The highest BCUT2D eigenvalue weighted by atomic mass is 35.5. The number of rotatable bonds is 5. The maximum Gasteiger partial charge on any atom is 0.0409 e. The van der Waals surface area contributed by atoms with Gasteiger partial charge in [0, 0.05) is 17.6 Å². The van der Waals surface area contributed by atoms with Gasteiger partial charge >= 0.3 is 0 Å². The van der Waals surface area contributed by atoms with Gasteiger partial charge in [0.1, 0.15) is 0 Å². The molecule has 0 aromatic heterocycles. The van der Waals surface area contributed by atoms with Crippen molar-refractivity contribution in [1.82, 2.24) is 5.32 Å². The third kappa shape index (κ3) is 4.09. The van der Waals surface area contributed by atoms with Crippen LogP contribution in [0.1, 0.15) is 31.0 Å². The zero-order valence-corrected chi connectivity index (χ0v) is 12.2. The first kappa shape index (κ1) is 14.1. The second-order valence-electron chi connectivity index (χ2n) is 5.14. The smallest absolute Gasteiger partial charge is 0.0409 e. The van der Waals surface area contributed by atoms with E-state index in [1.54, 1.807) is 0 Å². The van der Waals surface area contributed by atoms with Crippen molar-refractivity contribution in [3.8, 4) is 0 Å². The third-order valence-corrected chi connectivity index (χ3v) is 3.48. The fraction of sp³-hybridized carbons (Fsp3) is 0.294. The predicted octanol–water partition coefficient (Wildman–Crippen LogP) is 4.83. The Morgan fingerprint density at radius 2 is 1.74 bits per heavy atom. The van der Waals surface area contributed by atoms with Crippen LogP contribution in [0.15, 0.2) is 54.6 Å². The van der Waals surface area contributed by atoms with Crippen LogP contribution in [0.5, 0.6) is 0 Å². The lowest BCUT2D eigenvalue weighted by atomic mass is 9.96. The van der Waals surface area contributed by atoms with Crippen LogP contribution in [0.4, 0.5) is 0 Å². The molecule has 1 unspecified atom stereocenters. The number of hydrogen-bond acceptors (Lipinski definition) is 1. The topological polar surface area (TPSA) is 12.0 Å². The van der Waals surface area contributed by atoms with Crippen LogP contribution in [0.3, 0.4) is 0 Å². The summed E-state index contributed by atoms with van der Waals surface area (Å²) >= 11 is 6.01. The van der Waals surface area contributed by atoms with Gasteiger partial charge in [0.2, 0.25) is 0 Å². The molecule has 1 N–H and O–H groups in total. The maximum atomic E-state index is 6.01. The van der Waals surface area contributed by atoms with Gasteiger partial charge in [0.15, 0.2) is 0 Å². The lowest BCUT2D eigenvalue weighted by molar-refractivity contribution is 0.410. The zero-order valence-electron chi connectivity index (χ0n) is 11.4. The first-order valence-electron chi connectivity index (χ1n) is 6.69. The summed E-state index contributed by atoms with van der Waals surface area (Å²) in [5, 5.41) is 4.41. The second-order valence-corrected chi connectivity index (χ2v) is 5.58. The van der Waals surface area contributed by atoms with Gasteiger partial charge in [0.05, 0.1) is 0 Å². The van der Waals surface area contributed by atoms with Crippen LogP contribution in [-0.4, -0.2) is 0 Å². The van der Waals surface area contributed by atoms with Gasteiger partial charge in [0.25, 0.3) is 0 Å². The normalized spacial score (nSPS) is 12.6. The molecule has 2 rings (SSSR count). The Morgan fingerprint density at radius 3 is 2.37 bits per heavy atom. The number of benzene rings is 2. The van der Waals surface area contributed by atoms with E-state index in [0.29, 0.717) is 12.0 Å². The summed E-state index contributed by atoms with van der Waals surface area (Å²) in [4.78, 5) is 0. The Kier molecular flexibility index (Phi) is 5.00.